The molecule has 0 saturated carbocycles. The first-order chi connectivity index (χ1) is 6.68. The smallest absolute Gasteiger partial charge is 0.275 e. The highest BCUT2D eigenvalue weighted by molar-refractivity contribution is 9.09. The maximum Gasteiger partial charge on any atom is 0.435 e. The molecule has 0 bridgehead atoms. The Labute approximate surface area is 94.6 Å². The van der Waals surface area contributed by atoms with Gasteiger partial charge in [0.25, 0.3) is 0 Å². The van der Waals surface area contributed by atoms with Crippen LogP contribution in [0.4, 0.5) is 13.2 Å². The van der Waals surface area contributed by atoms with Crippen LogP contribution in [0.3, 0.4) is 0 Å². The number of aromatic nitrogens is 2. The Morgan fingerprint density at radius 2 is 1.93 bits per heavy atom. The monoisotopic (exact) mass is 284 g/mol. The lowest BCUT2D eigenvalue weighted by Crippen LogP contribution is -2.23. The molecule has 0 N–H and O–H groups in total. The molecule has 0 fully saturated rings. The van der Waals surface area contributed by atoms with Crippen molar-refractivity contribution >= 4 is 15.9 Å². The van der Waals surface area contributed by atoms with Crippen molar-refractivity contribution in [1.82, 2.24) is 9.78 Å². The predicted octanol–water partition coefficient (Wildman–Crippen LogP) is 3.11. The molecule has 1 aromatic heterocycles. The third-order valence-electron chi connectivity index (χ3n) is 2.16. The molecular weight excluding hydrogens is 273 g/mol. The van der Waals surface area contributed by atoms with E-state index in [0.29, 0.717) is 5.33 Å². The van der Waals surface area contributed by atoms with Crippen molar-refractivity contribution in [2.45, 2.75) is 25.4 Å². The number of hydrogen-bond acceptors (Lipinski definition) is 1. The lowest BCUT2D eigenvalue weighted by Gasteiger charge is -2.22. The Kier molecular flexibility index (Phi) is 3.19. The summed E-state index contributed by atoms with van der Waals surface area (Å²) in [5, 5.41) is 3.92. The van der Waals surface area contributed by atoms with Crippen LogP contribution in [-0.4, -0.2) is 15.1 Å². The van der Waals surface area contributed by atoms with Crippen molar-refractivity contribution in [2.24, 2.45) is 7.05 Å². The first-order valence-corrected chi connectivity index (χ1v) is 5.48. The summed E-state index contributed by atoms with van der Waals surface area (Å²) >= 11 is 3.21. The van der Waals surface area contributed by atoms with Gasteiger partial charge in [-0.25, -0.2) is 0 Å². The summed E-state index contributed by atoms with van der Waals surface area (Å²) in [6.07, 6.45) is -2.97. The van der Waals surface area contributed by atoms with E-state index in [1.54, 1.807) is 13.8 Å². The third kappa shape index (κ3) is 2.53. The third-order valence-corrected chi connectivity index (χ3v) is 3.56. The van der Waals surface area contributed by atoms with Crippen LogP contribution in [0.5, 0.6) is 0 Å². The lowest BCUT2D eigenvalue weighted by molar-refractivity contribution is -0.142. The number of alkyl halides is 4. The van der Waals surface area contributed by atoms with Crippen LogP contribution < -0.4 is 0 Å². The Morgan fingerprint density at radius 3 is 2.33 bits per heavy atom. The van der Waals surface area contributed by atoms with Crippen LogP contribution in [0, 0.1) is 0 Å². The summed E-state index contributed by atoms with van der Waals surface area (Å²) in [5.74, 6) is 0. The van der Waals surface area contributed by atoms with E-state index < -0.39 is 17.3 Å². The number of nitrogens with zero attached hydrogens (tertiary/aromatic N) is 2. The first kappa shape index (κ1) is 12.5. The molecule has 0 unspecified atom stereocenters. The van der Waals surface area contributed by atoms with E-state index in [4.69, 9.17) is 0 Å². The van der Waals surface area contributed by atoms with Crippen LogP contribution in [0.1, 0.15) is 25.1 Å². The standard InChI is InChI=1S/C9H12BrF3N2/c1-8(2,5-10)6-4-15(3)14-7(6)9(11,12)13/h4H,5H2,1-3H3. The molecule has 0 spiro atoms. The van der Waals surface area contributed by atoms with Gasteiger partial charge in [0.15, 0.2) is 5.69 Å². The van der Waals surface area contributed by atoms with Gasteiger partial charge in [-0.3, -0.25) is 4.68 Å². The Hall–Kier alpha value is -0.520. The molecule has 0 amide bonds. The minimum absolute atomic E-state index is 0.217. The van der Waals surface area contributed by atoms with E-state index in [1.165, 1.54) is 17.9 Å². The summed E-state index contributed by atoms with van der Waals surface area (Å²) in [6.45, 7) is 3.49. The molecule has 0 aliphatic carbocycles. The fraction of sp³-hybridized carbons (Fsp3) is 0.667. The Bertz CT molecular complexity index is 355. The van der Waals surface area contributed by atoms with Crippen molar-refractivity contribution in [3.63, 3.8) is 0 Å². The topological polar surface area (TPSA) is 17.8 Å². The molecule has 0 aromatic carbocycles. The van der Waals surface area contributed by atoms with E-state index in [2.05, 4.69) is 21.0 Å². The van der Waals surface area contributed by atoms with Crippen LogP contribution in [0.15, 0.2) is 6.20 Å². The van der Waals surface area contributed by atoms with Crippen molar-refractivity contribution in [2.75, 3.05) is 5.33 Å². The maximum absolute atomic E-state index is 12.6. The van der Waals surface area contributed by atoms with Gasteiger partial charge in [-0.15, -0.1) is 0 Å². The Balaban J connectivity index is 3.30. The molecule has 6 heteroatoms. The second kappa shape index (κ2) is 3.81. The molecule has 86 valence electrons. The van der Waals surface area contributed by atoms with E-state index >= 15 is 0 Å². The molecule has 0 radical (unpaired) electrons. The second-order valence-electron chi connectivity index (χ2n) is 4.08. The van der Waals surface area contributed by atoms with Gasteiger partial charge in [0.2, 0.25) is 0 Å². The first-order valence-electron chi connectivity index (χ1n) is 4.36. The van der Waals surface area contributed by atoms with Gasteiger partial charge in [-0.05, 0) is 0 Å². The van der Waals surface area contributed by atoms with Gasteiger partial charge < -0.3 is 0 Å². The zero-order valence-corrected chi connectivity index (χ0v) is 10.3. The molecule has 0 saturated heterocycles. The largest absolute Gasteiger partial charge is 0.435 e. The van der Waals surface area contributed by atoms with Crippen LogP contribution in [0.2, 0.25) is 0 Å². The lowest BCUT2D eigenvalue weighted by atomic mass is 9.87. The molecule has 1 aromatic rings. The summed E-state index contributed by atoms with van der Waals surface area (Å²) in [6, 6.07) is 0. The van der Waals surface area contributed by atoms with Crippen molar-refractivity contribution < 1.29 is 13.2 Å². The van der Waals surface area contributed by atoms with E-state index in [1.807, 2.05) is 0 Å². The summed E-state index contributed by atoms with van der Waals surface area (Å²) in [5.41, 5.74) is -1.16. The highest BCUT2D eigenvalue weighted by atomic mass is 79.9. The minimum Gasteiger partial charge on any atom is -0.275 e. The molecular formula is C9H12BrF3N2. The molecule has 0 aliphatic rings. The molecule has 0 atom stereocenters. The Morgan fingerprint density at radius 1 is 1.40 bits per heavy atom. The van der Waals surface area contributed by atoms with Crippen molar-refractivity contribution in [1.29, 1.82) is 0 Å². The van der Waals surface area contributed by atoms with Crippen molar-refractivity contribution in [3.8, 4) is 0 Å². The zero-order valence-electron chi connectivity index (χ0n) is 8.69. The normalized spacial score (nSPS) is 13.3. The fourth-order valence-corrected chi connectivity index (χ4v) is 1.57. The average molecular weight is 285 g/mol. The summed E-state index contributed by atoms with van der Waals surface area (Å²) in [4.78, 5) is 0. The maximum atomic E-state index is 12.6. The quantitative estimate of drug-likeness (QED) is 0.763. The second-order valence-corrected chi connectivity index (χ2v) is 4.64. The summed E-state index contributed by atoms with van der Waals surface area (Å²) in [7, 11) is 1.49. The van der Waals surface area contributed by atoms with Gasteiger partial charge in [0, 0.05) is 29.6 Å². The molecule has 1 rings (SSSR count). The SMILES string of the molecule is Cn1cc(C(C)(C)CBr)c(C(F)(F)F)n1. The van der Waals surface area contributed by atoms with E-state index in [0.717, 1.165) is 0 Å². The zero-order chi connectivity index (χ0) is 11.9. The average Bonchev–Trinajstić information content (AvgIpc) is 2.47. The fourth-order valence-electron chi connectivity index (χ4n) is 1.27. The van der Waals surface area contributed by atoms with Crippen LogP contribution in [-0.2, 0) is 18.6 Å². The molecule has 0 aliphatic heterocycles. The highest BCUT2D eigenvalue weighted by Crippen LogP contribution is 2.37. The highest BCUT2D eigenvalue weighted by Gasteiger charge is 2.40. The van der Waals surface area contributed by atoms with Crippen LogP contribution >= 0.6 is 15.9 Å². The number of aryl methyl sites for hydroxylation is 1. The molecule has 1 heterocycles. The minimum atomic E-state index is -4.39. The van der Waals surface area contributed by atoms with Gasteiger partial charge in [-0.1, -0.05) is 29.8 Å². The van der Waals surface area contributed by atoms with E-state index in [-0.39, 0.29) is 5.56 Å². The van der Waals surface area contributed by atoms with Crippen LogP contribution in [0.25, 0.3) is 0 Å². The number of hydrogen-bond donors (Lipinski definition) is 0. The van der Waals surface area contributed by atoms with Gasteiger partial charge in [0.1, 0.15) is 0 Å². The van der Waals surface area contributed by atoms with Gasteiger partial charge in [-0.2, -0.15) is 18.3 Å². The molecule has 15 heavy (non-hydrogen) atoms. The van der Waals surface area contributed by atoms with E-state index in [9.17, 15) is 13.2 Å². The number of rotatable bonds is 2. The summed E-state index contributed by atoms with van der Waals surface area (Å²) < 4.78 is 39.1. The molecule has 2 nitrogen and oxygen atoms in total. The predicted molar refractivity (Wildman–Crippen MR) is 55.0 cm³/mol. The van der Waals surface area contributed by atoms with Gasteiger partial charge >= 0.3 is 6.18 Å². The van der Waals surface area contributed by atoms with Crippen molar-refractivity contribution in [3.05, 3.63) is 17.5 Å². The van der Waals surface area contributed by atoms with Gasteiger partial charge in [0.05, 0.1) is 0 Å². The number of halogens is 4.